The molecule has 1 fully saturated rings. The molecule has 6 nitrogen and oxygen atoms in total. The molecule has 7 heteroatoms. The lowest BCUT2D eigenvalue weighted by Crippen LogP contribution is -2.57. The van der Waals surface area contributed by atoms with Crippen LogP contribution in [-0.2, 0) is 10.0 Å². The average molecular weight is 270 g/mol. The molecule has 4 N–H and O–H groups in total. The van der Waals surface area contributed by atoms with Crippen molar-refractivity contribution in [3.05, 3.63) is 24.3 Å². The largest absolute Gasteiger partial charge is 0.398 e. The van der Waals surface area contributed by atoms with E-state index < -0.39 is 10.0 Å². The van der Waals surface area contributed by atoms with E-state index in [4.69, 9.17) is 5.73 Å². The van der Waals surface area contributed by atoms with E-state index in [1.807, 2.05) is 11.9 Å². The van der Waals surface area contributed by atoms with E-state index >= 15 is 0 Å². The molecular formula is C11H18N4O2S. The van der Waals surface area contributed by atoms with Crippen LogP contribution in [0.25, 0.3) is 0 Å². The number of hydrogen-bond donors (Lipinski definition) is 3. The Morgan fingerprint density at radius 1 is 1.44 bits per heavy atom. The van der Waals surface area contributed by atoms with Gasteiger partial charge in [0.2, 0.25) is 10.0 Å². The summed E-state index contributed by atoms with van der Waals surface area (Å²) >= 11 is 0. The van der Waals surface area contributed by atoms with Crippen LogP contribution in [0.5, 0.6) is 0 Å². The highest BCUT2D eigenvalue weighted by Gasteiger charge is 2.26. The van der Waals surface area contributed by atoms with E-state index in [0.717, 1.165) is 13.1 Å². The van der Waals surface area contributed by atoms with Gasteiger partial charge in [0.25, 0.3) is 0 Å². The van der Waals surface area contributed by atoms with Gasteiger partial charge < -0.3 is 11.1 Å². The van der Waals surface area contributed by atoms with Gasteiger partial charge in [-0.2, -0.15) is 4.72 Å². The molecule has 0 saturated carbocycles. The minimum absolute atomic E-state index is 0.129. The summed E-state index contributed by atoms with van der Waals surface area (Å²) in [5.74, 6) is 0. The van der Waals surface area contributed by atoms with Gasteiger partial charge in [-0.3, -0.25) is 4.90 Å². The highest BCUT2D eigenvalue weighted by Crippen LogP contribution is 2.17. The second kappa shape index (κ2) is 5.23. The van der Waals surface area contributed by atoms with Crippen molar-refractivity contribution in [1.29, 1.82) is 0 Å². The first-order chi connectivity index (χ1) is 8.50. The minimum atomic E-state index is -3.58. The Hall–Kier alpha value is -1.15. The fourth-order valence-electron chi connectivity index (χ4n) is 1.91. The van der Waals surface area contributed by atoms with Gasteiger partial charge in [0.05, 0.1) is 11.9 Å². The number of anilines is 1. The van der Waals surface area contributed by atoms with E-state index in [2.05, 4.69) is 10.0 Å². The molecule has 18 heavy (non-hydrogen) atoms. The number of nitrogens with two attached hydrogens (primary N) is 1. The van der Waals surface area contributed by atoms with Crippen molar-refractivity contribution in [1.82, 2.24) is 14.9 Å². The maximum absolute atomic E-state index is 12.2. The van der Waals surface area contributed by atoms with Crippen LogP contribution in [0, 0.1) is 0 Å². The van der Waals surface area contributed by atoms with Crippen LogP contribution in [0.2, 0.25) is 0 Å². The third-order valence-electron chi connectivity index (χ3n) is 3.01. The normalized spacial score (nSPS) is 21.9. The molecule has 1 aromatic carbocycles. The molecule has 1 aliphatic heterocycles. The van der Waals surface area contributed by atoms with Gasteiger partial charge in [-0.05, 0) is 19.2 Å². The lowest BCUT2D eigenvalue weighted by Gasteiger charge is -2.33. The lowest BCUT2D eigenvalue weighted by molar-refractivity contribution is 0.189. The third kappa shape index (κ3) is 2.81. The second-order valence-electron chi connectivity index (χ2n) is 4.36. The fourth-order valence-corrected chi connectivity index (χ4v) is 3.29. The van der Waals surface area contributed by atoms with Crippen molar-refractivity contribution in [2.45, 2.75) is 11.1 Å². The van der Waals surface area contributed by atoms with Crippen LogP contribution in [0.1, 0.15) is 0 Å². The standard InChI is InChI=1S/C11H18N4O2S/c1-15-7-6-13-8-11(15)14-18(16,17)10-5-3-2-4-9(10)12/h2-5,11,13-14H,6-8,12H2,1H3. The molecule has 1 aliphatic rings. The fraction of sp³-hybridized carbons (Fsp3) is 0.455. The van der Waals surface area contributed by atoms with E-state index in [0.29, 0.717) is 6.54 Å². The predicted octanol–water partition coefficient (Wildman–Crippen LogP) is -0.592. The van der Waals surface area contributed by atoms with Crippen LogP contribution in [0.15, 0.2) is 29.2 Å². The van der Waals surface area contributed by atoms with Gasteiger partial charge in [0, 0.05) is 19.6 Å². The number of para-hydroxylation sites is 1. The van der Waals surface area contributed by atoms with E-state index in [1.54, 1.807) is 18.2 Å². The average Bonchev–Trinajstić information content (AvgIpc) is 2.32. The van der Waals surface area contributed by atoms with E-state index in [1.165, 1.54) is 6.07 Å². The maximum Gasteiger partial charge on any atom is 0.244 e. The SMILES string of the molecule is CN1CCNCC1NS(=O)(=O)c1ccccc1N. The summed E-state index contributed by atoms with van der Waals surface area (Å²) in [6.45, 7) is 2.25. The molecule has 0 bridgehead atoms. The topological polar surface area (TPSA) is 87.5 Å². The Balaban J connectivity index is 2.19. The molecule has 0 spiro atoms. The number of sulfonamides is 1. The molecule has 100 valence electrons. The van der Waals surface area contributed by atoms with Gasteiger partial charge >= 0.3 is 0 Å². The number of nitrogens with one attached hydrogen (secondary N) is 2. The zero-order valence-corrected chi connectivity index (χ0v) is 11.1. The first-order valence-corrected chi connectivity index (χ1v) is 7.27. The smallest absolute Gasteiger partial charge is 0.244 e. The summed E-state index contributed by atoms with van der Waals surface area (Å²) in [5.41, 5.74) is 5.96. The zero-order chi connectivity index (χ0) is 13.2. The molecular weight excluding hydrogens is 252 g/mol. The molecule has 0 radical (unpaired) electrons. The highest BCUT2D eigenvalue weighted by atomic mass is 32.2. The van der Waals surface area contributed by atoms with Crippen LogP contribution in [-0.4, -0.2) is 46.2 Å². The first-order valence-electron chi connectivity index (χ1n) is 5.78. The Labute approximate surface area is 107 Å². The molecule has 0 aromatic heterocycles. The van der Waals surface area contributed by atoms with Crippen LogP contribution in [0.3, 0.4) is 0 Å². The van der Waals surface area contributed by atoms with Gasteiger partial charge in [0.15, 0.2) is 0 Å². The second-order valence-corrected chi connectivity index (χ2v) is 6.04. The quantitative estimate of drug-likeness (QED) is 0.639. The Kier molecular flexibility index (Phi) is 3.86. The van der Waals surface area contributed by atoms with E-state index in [-0.39, 0.29) is 16.7 Å². The Morgan fingerprint density at radius 2 is 2.17 bits per heavy atom. The number of piperazine rings is 1. The van der Waals surface area contributed by atoms with Gasteiger partial charge in [0.1, 0.15) is 4.90 Å². The van der Waals surface area contributed by atoms with Crippen molar-refractivity contribution in [2.24, 2.45) is 0 Å². The highest BCUT2D eigenvalue weighted by molar-refractivity contribution is 7.89. The summed E-state index contributed by atoms with van der Waals surface area (Å²) in [6, 6.07) is 6.46. The van der Waals surface area contributed by atoms with Gasteiger partial charge in [-0.15, -0.1) is 0 Å². The van der Waals surface area contributed by atoms with E-state index in [9.17, 15) is 8.42 Å². The number of benzene rings is 1. The molecule has 0 aliphatic carbocycles. The number of nitrogens with zero attached hydrogens (tertiary/aromatic N) is 1. The van der Waals surface area contributed by atoms with Gasteiger partial charge in [-0.1, -0.05) is 12.1 Å². The summed E-state index contributed by atoms with van der Waals surface area (Å²) in [4.78, 5) is 2.09. The van der Waals surface area contributed by atoms with Crippen LogP contribution >= 0.6 is 0 Å². The molecule has 1 aromatic rings. The molecule has 1 atom stereocenters. The molecule has 1 unspecified atom stereocenters. The number of nitrogen functional groups attached to an aromatic ring is 1. The van der Waals surface area contributed by atoms with Crippen molar-refractivity contribution < 1.29 is 8.42 Å². The zero-order valence-electron chi connectivity index (χ0n) is 10.3. The van der Waals surface area contributed by atoms with Crippen LogP contribution in [0.4, 0.5) is 5.69 Å². The molecule has 0 amide bonds. The van der Waals surface area contributed by atoms with Crippen LogP contribution < -0.4 is 15.8 Å². The van der Waals surface area contributed by atoms with Crippen molar-refractivity contribution in [3.63, 3.8) is 0 Å². The van der Waals surface area contributed by atoms with Crippen molar-refractivity contribution in [3.8, 4) is 0 Å². The lowest BCUT2D eigenvalue weighted by atomic mass is 10.3. The number of likely N-dealkylation sites (N-methyl/N-ethyl adjacent to an activating group) is 1. The molecule has 1 heterocycles. The van der Waals surface area contributed by atoms with Gasteiger partial charge in [-0.25, -0.2) is 8.42 Å². The monoisotopic (exact) mass is 270 g/mol. The summed E-state index contributed by atoms with van der Waals surface area (Å²) in [5, 5.41) is 3.15. The number of hydrogen-bond acceptors (Lipinski definition) is 5. The summed E-state index contributed by atoms with van der Waals surface area (Å²) in [7, 11) is -1.69. The molecule has 1 saturated heterocycles. The predicted molar refractivity (Wildman–Crippen MR) is 70.5 cm³/mol. The Morgan fingerprint density at radius 3 is 2.83 bits per heavy atom. The minimum Gasteiger partial charge on any atom is -0.398 e. The first kappa shape index (κ1) is 13.3. The number of rotatable bonds is 3. The molecule has 2 rings (SSSR count). The maximum atomic E-state index is 12.2. The Bertz CT molecular complexity index is 518. The van der Waals surface area contributed by atoms with Crippen molar-refractivity contribution >= 4 is 15.7 Å². The third-order valence-corrected chi connectivity index (χ3v) is 4.54. The summed E-state index contributed by atoms with van der Waals surface area (Å²) in [6.07, 6.45) is -0.247. The van der Waals surface area contributed by atoms with Crippen molar-refractivity contribution in [2.75, 3.05) is 32.4 Å². The summed E-state index contributed by atoms with van der Waals surface area (Å²) < 4.78 is 27.1.